The van der Waals surface area contributed by atoms with Gasteiger partial charge in [0.1, 0.15) is 5.75 Å². The molecule has 4 aromatic rings. The first-order valence-corrected chi connectivity index (χ1v) is 14.0. The Morgan fingerprint density at radius 2 is 1.39 bits per heavy atom. The predicted molar refractivity (Wildman–Crippen MR) is 158 cm³/mol. The van der Waals surface area contributed by atoms with Crippen molar-refractivity contribution in [2.75, 3.05) is 12.0 Å². The molecule has 41 heavy (non-hydrogen) atoms. The second-order valence-electron chi connectivity index (χ2n) is 10.6. The molecule has 206 valence electrons. The van der Waals surface area contributed by atoms with Crippen molar-refractivity contribution in [2.45, 2.75) is 31.3 Å². The first-order valence-electron chi connectivity index (χ1n) is 13.6. The van der Waals surface area contributed by atoms with Gasteiger partial charge in [0.05, 0.1) is 31.5 Å². The van der Waals surface area contributed by atoms with Crippen LogP contribution in [0.4, 0.5) is 5.69 Å². The van der Waals surface area contributed by atoms with Gasteiger partial charge in [0, 0.05) is 17.1 Å². The summed E-state index contributed by atoms with van der Waals surface area (Å²) in [5, 5.41) is 0.474. The van der Waals surface area contributed by atoms with Crippen LogP contribution in [0.25, 0.3) is 0 Å². The van der Waals surface area contributed by atoms with Crippen molar-refractivity contribution in [3.63, 3.8) is 0 Å². The summed E-state index contributed by atoms with van der Waals surface area (Å²) in [6.07, 6.45) is 0.212. The van der Waals surface area contributed by atoms with Crippen LogP contribution in [0.15, 0.2) is 103 Å². The lowest BCUT2D eigenvalue weighted by molar-refractivity contribution is -0.142. The molecule has 0 N–H and O–H groups in total. The molecule has 0 aliphatic carbocycles. The Morgan fingerprint density at radius 1 is 0.780 bits per heavy atom. The second-order valence-corrected chi connectivity index (χ2v) is 11.0. The molecule has 0 unspecified atom stereocenters. The van der Waals surface area contributed by atoms with Crippen LogP contribution in [-0.4, -0.2) is 29.7 Å². The molecular formula is C34H29ClN2O4. The highest BCUT2D eigenvalue weighted by Crippen LogP contribution is 2.52. The largest absolute Gasteiger partial charge is 0.497 e. The van der Waals surface area contributed by atoms with Gasteiger partial charge in [-0.1, -0.05) is 84.4 Å². The number of methoxy groups -OCH3 is 1. The standard InChI is InChI=1S/C34H29ClN2O4/c1-41-27-15-12-25(13-16-27)22-37-31(38)19-29(32(37)39)34(20-23-8-4-2-5-9-23)28-18-26(35)14-17-30(28)36(33(34)40)21-24-10-6-3-7-11-24/h2-18,29H,19-22H2,1H3/t29-,34+/m0/s1. The van der Waals surface area contributed by atoms with Gasteiger partial charge in [0.2, 0.25) is 17.7 Å². The molecular weight excluding hydrogens is 536 g/mol. The van der Waals surface area contributed by atoms with Crippen molar-refractivity contribution in [1.82, 2.24) is 4.90 Å². The highest BCUT2D eigenvalue weighted by Gasteiger charge is 2.61. The summed E-state index contributed by atoms with van der Waals surface area (Å²) >= 11 is 6.54. The van der Waals surface area contributed by atoms with Crippen LogP contribution < -0.4 is 9.64 Å². The van der Waals surface area contributed by atoms with Crippen molar-refractivity contribution in [3.05, 3.63) is 130 Å². The lowest BCUT2D eigenvalue weighted by Crippen LogP contribution is -2.49. The predicted octanol–water partition coefficient (Wildman–Crippen LogP) is 5.95. The normalized spacial score (nSPS) is 20.0. The smallest absolute Gasteiger partial charge is 0.239 e. The fourth-order valence-corrected chi connectivity index (χ4v) is 6.36. The van der Waals surface area contributed by atoms with E-state index in [1.54, 1.807) is 36.3 Å². The lowest BCUT2D eigenvalue weighted by atomic mass is 9.66. The van der Waals surface area contributed by atoms with Crippen molar-refractivity contribution >= 4 is 35.0 Å². The Labute approximate surface area is 244 Å². The highest BCUT2D eigenvalue weighted by molar-refractivity contribution is 6.31. The number of ether oxygens (including phenoxy) is 1. The number of halogens is 1. The van der Waals surface area contributed by atoms with Gasteiger partial charge in [-0.2, -0.15) is 0 Å². The molecule has 1 fully saturated rings. The molecule has 6 rings (SSSR count). The third-order valence-electron chi connectivity index (χ3n) is 8.20. The van der Waals surface area contributed by atoms with E-state index in [9.17, 15) is 14.4 Å². The summed E-state index contributed by atoms with van der Waals surface area (Å²) in [7, 11) is 1.59. The van der Waals surface area contributed by atoms with E-state index in [0.717, 1.165) is 16.7 Å². The summed E-state index contributed by atoms with van der Waals surface area (Å²) in [6.45, 7) is 0.471. The third kappa shape index (κ3) is 4.78. The maximum atomic E-state index is 14.8. The molecule has 0 saturated carbocycles. The molecule has 6 nitrogen and oxygen atoms in total. The summed E-state index contributed by atoms with van der Waals surface area (Å²) < 4.78 is 5.24. The quantitative estimate of drug-likeness (QED) is 0.248. The van der Waals surface area contributed by atoms with E-state index in [2.05, 4.69) is 0 Å². The van der Waals surface area contributed by atoms with Crippen LogP contribution >= 0.6 is 11.6 Å². The number of rotatable bonds is 8. The molecule has 2 aliphatic rings. The molecule has 3 amide bonds. The van der Waals surface area contributed by atoms with Gasteiger partial charge in [-0.15, -0.1) is 0 Å². The number of hydrogen-bond donors (Lipinski definition) is 0. The monoisotopic (exact) mass is 564 g/mol. The fourth-order valence-electron chi connectivity index (χ4n) is 6.19. The first kappa shape index (κ1) is 26.8. The number of benzene rings is 4. The van der Waals surface area contributed by atoms with E-state index in [1.165, 1.54) is 4.90 Å². The molecule has 0 aromatic heterocycles. The van der Waals surface area contributed by atoms with Crippen LogP contribution in [0.1, 0.15) is 28.7 Å². The average molecular weight is 565 g/mol. The fraction of sp³-hybridized carbons (Fsp3) is 0.206. The molecule has 7 heteroatoms. The highest BCUT2D eigenvalue weighted by atomic mass is 35.5. The molecule has 4 aromatic carbocycles. The van der Waals surface area contributed by atoms with Gasteiger partial charge in [0.25, 0.3) is 0 Å². The number of fused-ring (bicyclic) bond motifs is 1. The van der Waals surface area contributed by atoms with Crippen LogP contribution in [-0.2, 0) is 39.3 Å². The van der Waals surface area contributed by atoms with E-state index in [-0.39, 0.29) is 37.1 Å². The molecule has 1 saturated heterocycles. The van der Waals surface area contributed by atoms with Gasteiger partial charge in [-0.3, -0.25) is 19.3 Å². The number of carbonyl (C=O) groups is 3. The number of amides is 3. The summed E-state index contributed by atoms with van der Waals surface area (Å²) in [4.78, 5) is 45.5. The van der Waals surface area contributed by atoms with E-state index >= 15 is 0 Å². The van der Waals surface area contributed by atoms with E-state index < -0.39 is 11.3 Å². The van der Waals surface area contributed by atoms with Crippen molar-refractivity contribution in [1.29, 1.82) is 0 Å². The van der Waals surface area contributed by atoms with Gasteiger partial charge in [-0.05, 0) is 59.0 Å². The summed E-state index contributed by atoms with van der Waals surface area (Å²) in [5.74, 6) is -1.02. The van der Waals surface area contributed by atoms with E-state index in [1.807, 2.05) is 78.9 Å². The maximum absolute atomic E-state index is 14.8. The number of likely N-dealkylation sites (tertiary alicyclic amines) is 1. The zero-order chi connectivity index (χ0) is 28.6. The minimum absolute atomic E-state index is 0.0569. The van der Waals surface area contributed by atoms with Crippen molar-refractivity contribution in [2.24, 2.45) is 5.92 Å². The Hall–Kier alpha value is -4.42. The molecule has 0 radical (unpaired) electrons. The van der Waals surface area contributed by atoms with Crippen LogP contribution in [0, 0.1) is 5.92 Å². The van der Waals surface area contributed by atoms with Crippen molar-refractivity contribution < 1.29 is 19.1 Å². The van der Waals surface area contributed by atoms with Crippen LogP contribution in [0.2, 0.25) is 5.02 Å². The number of carbonyl (C=O) groups excluding carboxylic acids is 3. The molecule has 0 spiro atoms. The average Bonchev–Trinajstić information content (AvgIpc) is 3.40. The molecule has 2 heterocycles. The number of imide groups is 1. The zero-order valence-corrected chi connectivity index (χ0v) is 23.4. The SMILES string of the molecule is COc1ccc(CN2C(=O)C[C@H]([C@]3(Cc4ccccc4)C(=O)N(Cc4ccccc4)c4ccc(Cl)cc43)C2=O)cc1. The topological polar surface area (TPSA) is 66.9 Å². The van der Waals surface area contributed by atoms with Gasteiger partial charge >= 0.3 is 0 Å². The Balaban J connectivity index is 1.44. The molecule has 0 bridgehead atoms. The third-order valence-corrected chi connectivity index (χ3v) is 8.44. The Morgan fingerprint density at radius 3 is 2.05 bits per heavy atom. The van der Waals surface area contributed by atoms with E-state index in [4.69, 9.17) is 16.3 Å². The molecule has 2 atom stereocenters. The Kier molecular flexibility index (Phi) is 7.10. The van der Waals surface area contributed by atoms with E-state index in [0.29, 0.717) is 28.6 Å². The Bertz CT molecular complexity index is 1610. The molecule has 2 aliphatic heterocycles. The van der Waals surface area contributed by atoms with Gasteiger partial charge < -0.3 is 9.64 Å². The maximum Gasteiger partial charge on any atom is 0.239 e. The van der Waals surface area contributed by atoms with Crippen LogP contribution in [0.3, 0.4) is 0 Å². The second kappa shape index (κ2) is 10.9. The minimum atomic E-state index is -1.29. The zero-order valence-electron chi connectivity index (χ0n) is 22.6. The number of anilines is 1. The van der Waals surface area contributed by atoms with Gasteiger partial charge in [-0.25, -0.2) is 0 Å². The number of nitrogens with zero attached hydrogens (tertiary/aromatic N) is 2. The first-order chi connectivity index (χ1) is 19.9. The van der Waals surface area contributed by atoms with Crippen molar-refractivity contribution in [3.8, 4) is 5.75 Å². The summed E-state index contributed by atoms with van der Waals surface area (Å²) in [5.41, 5.74) is 2.78. The minimum Gasteiger partial charge on any atom is -0.497 e. The van der Waals surface area contributed by atoms with Crippen LogP contribution in [0.5, 0.6) is 5.75 Å². The number of hydrogen-bond acceptors (Lipinski definition) is 4. The lowest BCUT2D eigenvalue weighted by Gasteiger charge is -2.33. The van der Waals surface area contributed by atoms with Gasteiger partial charge in [0.15, 0.2) is 0 Å². The summed E-state index contributed by atoms with van der Waals surface area (Å²) in [6, 6.07) is 32.1.